The number of amides is 2. The smallest absolute Gasteiger partial charge is 0.274 e. The summed E-state index contributed by atoms with van der Waals surface area (Å²) in [5.41, 5.74) is 1.21. The topological polar surface area (TPSA) is 105 Å². The fourth-order valence-electron chi connectivity index (χ4n) is 5.28. The van der Waals surface area contributed by atoms with Crippen LogP contribution in [-0.4, -0.2) is 77.4 Å². The SMILES string of the molecule is CC1(C)O[C@H]2[C@@H](O1)[C@@H](CN1C(=O)[C@H]3C(c4ccccc4)=NO[C@H]3C1=O)O[C@@H]1OC(C)(C)O[C@@H]12. The van der Waals surface area contributed by atoms with E-state index >= 15 is 0 Å². The number of carbonyl (C=O) groups is 2. The summed E-state index contributed by atoms with van der Waals surface area (Å²) < 4.78 is 30.3. The molecule has 0 saturated carbocycles. The van der Waals surface area contributed by atoms with Crippen LogP contribution >= 0.6 is 0 Å². The van der Waals surface area contributed by atoms with Gasteiger partial charge in [-0.2, -0.15) is 0 Å². The molecule has 33 heavy (non-hydrogen) atoms. The molecule has 6 rings (SSSR count). The van der Waals surface area contributed by atoms with Crippen LogP contribution in [0.1, 0.15) is 33.3 Å². The van der Waals surface area contributed by atoms with Crippen LogP contribution in [-0.2, 0) is 38.1 Å². The van der Waals surface area contributed by atoms with Gasteiger partial charge in [-0.05, 0) is 27.7 Å². The van der Waals surface area contributed by atoms with Crippen LogP contribution in [0.5, 0.6) is 0 Å². The molecule has 10 nitrogen and oxygen atoms in total. The maximum absolute atomic E-state index is 13.4. The highest BCUT2D eigenvalue weighted by atomic mass is 16.9. The zero-order chi connectivity index (χ0) is 23.1. The minimum Gasteiger partial charge on any atom is -0.381 e. The van der Waals surface area contributed by atoms with Crippen LogP contribution in [0.15, 0.2) is 35.5 Å². The molecule has 7 atom stereocenters. The highest BCUT2D eigenvalue weighted by molar-refractivity contribution is 6.23. The molecule has 176 valence electrons. The molecule has 0 radical (unpaired) electrons. The van der Waals surface area contributed by atoms with E-state index in [1.165, 1.54) is 4.90 Å². The molecule has 4 fully saturated rings. The van der Waals surface area contributed by atoms with Gasteiger partial charge in [0.1, 0.15) is 36.0 Å². The highest BCUT2D eigenvalue weighted by Crippen LogP contribution is 2.44. The lowest BCUT2D eigenvalue weighted by Gasteiger charge is -2.38. The third-order valence-corrected chi connectivity index (χ3v) is 6.59. The average molecular weight is 458 g/mol. The lowest BCUT2D eigenvalue weighted by molar-refractivity contribution is -0.236. The number of oxime groups is 1. The first kappa shape index (κ1) is 21.2. The Morgan fingerprint density at radius 1 is 0.879 bits per heavy atom. The van der Waals surface area contributed by atoms with Crippen molar-refractivity contribution in [3.63, 3.8) is 0 Å². The molecule has 0 aliphatic carbocycles. The molecule has 4 saturated heterocycles. The molecule has 0 N–H and O–H groups in total. The summed E-state index contributed by atoms with van der Waals surface area (Å²) in [6.07, 6.45) is -3.80. The number of nitrogens with zero attached hydrogens (tertiary/aromatic N) is 2. The number of carbonyl (C=O) groups excluding carboxylic acids is 2. The molecular formula is C23H26N2O8. The Kier molecular flexibility index (Phi) is 4.54. The summed E-state index contributed by atoms with van der Waals surface area (Å²) in [5, 5.41) is 4.04. The first-order chi connectivity index (χ1) is 15.6. The van der Waals surface area contributed by atoms with Gasteiger partial charge in [-0.3, -0.25) is 14.5 Å². The normalized spacial score (nSPS) is 40.3. The molecule has 0 spiro atoms. The number of likely N-dealkylation sites (tertiary alicyclic amines) is 1. The van der Waals surface area contributed by atoms with Gasteiger partial charge in [0.05, 0.1) is 6.54 Å². The summed E-state index contributed by atoms with van der Waals surface area (Å²) in [5.74, 6) is -3.31. The van der Waals surface area contributed by atoms with Crippen molar-refractivity contribution in [3.8, 4) is 0 Å². The lowest BCUT2D eigenvalue weighted by Crippen LogP contribution is -2.58. The van der Waals surface area contributed by atoms with Gasteiger partial charge < -0.3 is 28.5 Å². The van der Waals surface area contributed by atoms with E-state index in [2.05, 4.69) is 5.16 Å². The van der Waals surface area contributed by atoms with Gasteiger partial charge in [0.25, 0.3) is 5.91 Å². The van der Waals surface area contributed by atoms with Crippen molar-refractivity contribution in [1.82, 2.24) is 4.90 Å². The monoisotopic (exact) mass is 458 g/mol. The second kappa shape index (κ2) is 7.07. The highest BCUT2D eigenvalue weighted by Gasteiger charge is 2.62. The molecule has 5 heterocycles. The summed E-state index contributed by atoms with van der Waals surface area (Å²) in [4.78, 5) is 33.1. The Morgan fingerprint density at radius 2 is 1.55 bits per heavy atom. The zero-order valence-electron chi connectivity index (χ0n) is 18.8. The zero-order valence-corrected chi connectivity index (χ0v) is 18.8. The maximum Gasteiger partial charge on any atom is 0.274 e. The van der Waals surface area contributed by atoms with Crippen molar-refractivity contribution in [3.05, 3.63) is 35.9 Å². The third-order valence-electron chi connectivity index (χ3n) is 6.59. The Labute approximate surface area is 190 Å². The minimum atomic E-state index is -0.970. The average Bonchev–Trinajstić information content (AvgIpc) is 3.47. The van der Waals surface area contributed by atoms with Gasteiger partial charge in [-0.15, -0.1) is 0 Å². The predicted molar refractivity (Wildman–Crippen MR) is 111 cm³/mol. The fourth-order valence-corrected chi connectivity index (χ4v) is 5.28. The van der Waals surface area contributed by atoms with Crippen LogP contribution in [0.2, 0.25) is 0 Å². The molecule has 0 unspecified atom stereocenters. The quantitative estimate of drug-likeness (QED) is 0.622. The van der Waals surface area contributed by atoms with E-state index in [4.69, 9.17) is 28.5 Å². The van der Waals surface area contributed by atoms with Crippen LogP contribution in [0.3, 0.4) is 0 Å². The molecule has 1 aromatic rings. The summed E-state index contributed by atoms with van der Waals surface area (Å²) in [6.45, 7) is 7.21. The Morgan fingerprint density at radius 3 is 2.30 bits per heavy atom. The molecule has 2 amide bonds. The molecule has 0 bridgehead atoms. The van der Waals surface area contributed by atoms with E-state index in [1.807, 2.05) is 44.2 Å². The molecule has 1 aromatic carbocycles. The molecular weight excluding hydrogens is 432 g/mol. The van der Waals surface area contributed by atoms with Crippen molar-refractivity contribution in [2.24, 2.45) is 11.1 Å². The van der Waals surface area contributed by atoms with Gasteiger partial charge in [0.2, 0.25) is 12.0 Å². The van der Waals surface area contributed by atoms with E-state index in [-0.39, 0.29) is 12.5 Å². The number of imide groups is 1. The van der Waals surface area contributed by atoms with Crippen molar-refractivity contribution >= 4 is 17.5 Å². The van der Waals surface area contributed by atoms with E-state index < -0.39 is 60.2 Å². The second-order valence-electron chi connectivity index (χ2n) is 9.84. The second-order valence-corrected chi connectivity index (χ2v) is 9.84. The number of ether oxygens (including phenoxy) is 5. The first-order valence-corrected chi connectivity index (χ1v) is 11.1. The largest absolute Gasteiger partial charge is 0.381 e. The third kappa shape index (κ3) is 3.31. The van der Waals surface area contributed by atoms with Crippen LogP contribution in [0.25, 0.3) is 0 Å². The van der Waals surface area contributed by atoms with Crippen LogP contribution in [0, 0.1) is 5.92 Å². The van der Waals surface area contributed by atoms with Gasteiger partial charge in [0, 0.05) is 5.56 Å². The number of benzene rings is 1. The van der Waals surface area contributed by atoms with E-state index in [1.54, 1.807) is 13.8 Å². The van der Waals surface area contributed by atoms with Crippen molar-refractivity contribution in [1.29, 1.82) is 0 Å². The summed E-state index contributed by atoms with van der Waals surface area (Å²) in [6, 6.07) is 9.24. The van der Waals surface area contributed by atoms with E-state index in [0.29, 0.717) is 5.71 Å². The van der Waals surface area contributed by atoms with Gasteiger partial charge in [0.15, 0.2) is 17.9 Å². The van der Waals surface area contributed by atoms with Gasteiger partial charge in [-0.1, -0.05) is 35.5 Å². The lowest BCUT2D eigenvalue weighted by atomic mass is 9.94. The minimum absolute atomic E-state index is 0.0102. The first-order valence-electron chi connectivity index (χ1n) is 11.1. The predicted octanol–water partition coefficient (Wildman–Crippen LogP) is 1.17. The summed E-state index contributed by atoms with van der Waals surface area (Å²) in [7, 11) is 0. The number of rotatable bonds is 3. The van der Waals surface area contributed by atoms with E-state index in [9.17, 15) is 9.59 Å². The standard InChI is InChI=1S/C23H26N2O8/c1-22(2)29-15-12(28-21-18(17(15)30-22)31-23(3,4)32-21)10-25-19(26)13-14(11-8-6-5-7-9-11)24-33-16(13)20(25)27/h5-9,12-13,15-18,21H,10H2,1-4H3/t12-,13+,15+,16-,17+,18-,21-/m1/s1. The number of hydrogen-bond donors (Lipinski definition) is 0. The van der Waals surface area contributed by atoms with Gasteiger partial charge >= 0.3 is 0 Å². The van der Waals surface area contributed by atoms with Crippen LogP contribution in [0.4, 0.5) is 0 Å². The van der Waals surface area contributed by atoms with Crippen molar-refractivity contribution < 1.29 is 38.1 Å². The molecule has 5 aliphatic heterocycles. The van der Waals surface area contributed by atoms with Crippen molar-refractivity contribution in [2.45, 2.75) is 76.1 Å². The molecule has 5 aliphatic rings. The Balaban J connectivity index is 1.25. The number of hydrogen-bond acceptors (Lipinski definition) is 9. The molecule has 0 aromatic heterocycles. The fraction of sp³-hybridized carbons (Fsp3) is 0.609. The van der Waals surface area contributed by atoms with E-state index in [0.717, 1.165) is 5.56 Å². The number of fused-ring (bicyclic) bond motifs is 4. The van der Waals surface area contributed by atoms with Gasteiger partial charge in [-0.25, -0.2) is 0 Å². The van der Waals surface area contributed by atoms with Crippen molar-refractivity contribution in [2.75, 3.05) is 6.54 Å². The Hall–Kier alpha value is -2.37. The summed E-state index contributed by atoms with van der Waals surface area (Å²) >= 11 is 0. The Bertz CT molecular complexity index is 1020. The van der Waals surface area contributed by atoms with Crippen LogP contribution < -0.4 is 0 Å². The maximum atomic E-state index is 13.4. The molecule has 10 heteroatoms.